The monoisotopic (exact) mass is 159 g/mol. The number of nitrogens with two attached hydrogens (primary N) is 1. The molecule has 0 spiro atoms. The lowest BCUT2D eigenvalue weighted by Crippen LogP contribution is -1.92. The van der Waals surface area contributed by atoms with Crippen molar-refractivity contribution in [2.24, 2.45) is 0 Å². The summed E-state index contributed by atoms with van der Waals surface area (Å²) in [4.78, 5) is 8.01. The molecule has 0 fully saturated rings. The molecule has 2 aromatic rings. The fourth-order valence-corrected chi connectivity index (χ4v) is 1.19. The van der Waals surface area contributed by atoms with Crippen LogP contribution in [0, 0.1) is 6.92 Å². The predicted octanol–water partition coefficient (Wildman–Crippen LogP) is 1.52. The second-order valence-corrected chi connectivity index (χ2v) is 2.78. The molecule has 2 rings (SSSR count). The Kier molecular flexibility index (Phi) is 1.43. The van der Waals surface area contributed by atoms with Crippen molar-refractivity contribution in [3.8, 4) is 0 Å². The van der Waals surface area contributed by atoms with Crippen molar-refractivity contribution in [1.82, 2.24) is 9.97 Å². The number of nitrogens with zero attached hydrogens (tertiary/aromatic N) is 2. The summed E-state index contributed by atoms with van der Waals surface area (Å²) in [6, 6.07) is 5.95. The molecule has 0 bridgehead atoms. The van der Waals surface area contributed by atoms with Gasteiger partial charge in [0.25, 0.3) is 0 Å². The standard InChI is InChI=1S/C9H9N3/c1-6-2-3-8-7(4-6)9(10)12-5-11-8/h2-5H,1H3,(H2,10,11,12). The van der Waals surface area contributed by atoms with Gasteiger partial charge in [0.2, 0.25) is 0 Å². The number of nitrogen functional groups attached to an aromatic ring is 1. The van der Waals surface area contributed by atoms with Gasteiger partial charge in [-0.15, -0.1) is 0 Å². The topological polar surface area (TPSA) is 51.8 Å². The fourth-order valence-electron chi connectivity index (χ4n) is 1.19. The summed E-state index contributed by atoms with van der Waals surface area (Å²) >= 11 is 0. The highest BCUT2D eigenvalue weighted by atomic mass is 14.9. The number of aromatic nitrogens is 2. The first-order valence-corrected chi connectivity index (χ1v) is 3.74. The Hall–Kier alpha value is -1.64. The summed E-state index contributed by atoms with van der Waals surface area (Å²) < 4.78 is 0. The van der Waals surface area contributed by atoms with Crippen LogP contribution in [-0.4, -0.2) is 9.97 Å². The summed E-state index contributed by atoms with van der Waals surface area (Å²) in [6.07, 6.45) is 1.48. The van der Waals surface area contributed by atoms with Gasteiger partial charge >= 0.3 is 0 Å². The Morgan fingerprint density at radius 3 is 2.92 bits per heavy atom. The van der Waals surface area contributed by atoms with Crippen LogP contribution in [0.1, 0.15) is 5.56 Å². The minimum Gasteiger partial charge on any atom is -0.383 e. The van der Waals surface area contributed by atoms with E-state index in [-0.39, 0.29) is 0 Å². The summed E-state index contributed by atoms with van der Waals surface area (Å²) in [5.41, 5.74) is 7.74. The molecule has 12 heavy (non-hydrogen) atoms. The van der Waals surface area contributed by atoms with E-state index in [0.717, 1.165) is 10.9 Å². The molecule has 0 saturated carbocycles. The first-order chi connectivity index (χ1) is 5.77. The molecule has 2 N–H and O–H groups in total. The number of benzene rings is 1. The lowest BCUT2D eigenvalue weighted by atomic mass is 10.1. The maximum Gasteiger partial charge on any atom is 0.134 e. The van der Waals surface area contributed by atoms with Gasteiger partial charge in [0.15, 0.2) is 0 Å². The van der Waals surface area contributed by atoms with Crippen LogP contribution >= 0.6 is 0 Å². The van der Waals surface area contributed by atoms with Crippen molar-refractivity contribution in [1.29, 1.82) is 0 Å². The highest BCUT2D eigenvalue weighted by Crippen LogP contribution is 2.17. The van der Waals surface area contributed by atoms with Gasteiger partial charge in [0.05, 0.1) is 5.52 Å². The highest BCUT2D eigenvalue weighted by Gasteiger charge is 1.98. The van der Waals surface area contributed by atoms with Gasteiger partial charge in [-0.3, -0.25) is 0 Å². The van der Waals surface area contributed by atoms with Crippen molar-refractivity contribution in [3.05, 3.63) is 30.1 Å². The first kappa shape index (κ1) is 7.03. The summed E-state index contributed by atoms with van der Waals surface area (Å²) in [5.74, 6) is 0.545. The molecule has 0 atom stereocenters. The Morgan fingerprint density at radius 1 is 1.25 bits per heavy atom. The molecule has 0 aliphatic rings. The Bertz CT molecular complexity index is 423. The van der Waals surface area contributed by atoms with Gasteiger partial charge in [-0.1, -0.05) is 11.6 Å². The molecule has 1 aromatic carbocycles. The number of anilines is 1. The van der Waals surface area contributed by atoms with Crippen LogP contribution in [0.25, 0.3) is 10.9 Å². The quantitative estimate of drug-likeness (QED) is 0.634. The van der Waals surface area contributed by atoms with Crippen LogP contribution in [0.3, 0.4) is 0 Å². The molecule has 0 aliphatic heterocycles. The van der Waals surface area contributed by atoms with Crippen molar-refractivity contribution in [3.63, 3.8) is 0 Å². The molecule has 1 heterocycles. The summed E-state index contributed by atoms with van der Waals surface area (Å²) in [5, 5.41) is 0.928. The number of fused-ring (bicyclic) bond motifs is 1. The number of hydrogen-bond donors (Lipinski definition) is 1. The smallest absolute Gasteiger partial charge is 0.134 e. The predicted molar refractivity (Wildman–Crippen MR) is 48.7 cm³/mol. The van der Waals surface area contributed by atoms with Gasteiger partial charge in [0, 0.05) is 5.39 Å². The van der Waals surface area contributed by atoms with E-state index in [9.17, 15) is 0 Å². The van der Waals surface area contributed by atoms with E-state index < -0.39 is 0 Å². The van der Waals surface area contributed by atoms with Crippen LogP contribution in [0.15, 0.2) is 24.5 Å². The van der Waals surface area contributed by atoms with Gasteiger partial charge in [-0.2, -0.15) is 0 Å². The van der Waals surface area contributed by atoms with Crippen LogP contribution in [-0.2, 0) is 0 Å². The molecule has 0 amide bonds. The average molecular weight is 159 g/mol. The van der Waals surface area contributed by atoms with E-state index in [2.05, 4.69) is 9.97 Å². The number of aryl methyl sites for hydroxylation is 1. The second-order valence-electron chi connectivity index (χ2n) is 2.78. The summed E-state index contributed by atoms with van der Waals surface area (Å²) in [7, 11) is 0. The molecule has 0 saturated heterocycles. The molecular weight excluding hydrogens is 150 g/mol. The third-order valence-corrected chi connectivity index (χ3v) is 1.82. The van der Waals surface area contributed by atoms with E-state index in [0.29, 0.717) is 5.82 Å². The highest BCUT2D eigenvalue weighted by molar-refractivity contribution is 5.88. The fraction of sp³-hybridized carbons (Fsp3) is 0.111. The zero-order chi connectivity index (χ0) is 8.55. The maximum absolute atomic E-state index is 5.67. The molecule has 1 aromatic heterocycles. The van der Waals surface area contributed by atoms with Gasteiger partial charge in [0.1, 0.15) is 12.1 Å². The third-order valence-electron chi connectivity index (χ3n) is 1.82. The van der Waals surface area contributed by atoms with E-state index in [1.54, 1.807) is 0 Å². The van der Waals surface area contributed by atoms with E-state index in [1.807, 2.05) is 25.1 Å². The molecule has 60 valence electrons. The lowest BCUT2D eigenvalue weighted by Gasteiger charge is -1.99. The molecule has 3 nitrogen and oxygen atoms in total. The molecule has 0 unspecified atom stereocenters. The van der Waals surface area contributed by atoms with Crippen LogP contribution in [0.4, 0.5) is 5.82 Å². The van der Waals surface area contributed by atoms with Crippen LogP contribution < -0.4 is 5.73 Å². The largest absolute Gasteiger partial charge is 0.383 e. The lowest BCUT2D eigenvalue weighted by molar-refractivity contribution is 1.23. The zero-order valence-corrected chi connectivity index (χ0v) is 6.78. The zero-order valence-electron chi connectivity index (χ0n) is 6.78. The second kappa shape index (κ2) is 2.44. The third kappa shape index (κ3) is 0.993. The Balaban J connectivity index is 2.88. The van der Waals surface area contributed by atoms with Crippen molar-refractivity contribution < 1.29 is 0 Å². The van der Waals surface area contributed by atoms with Gasteiger partial charge < -0.3 is 5.73 Å². The van der Waals surface area contributed by atoms with Crippen molar-refractivity contribution in [2.75, 3.05) is 5.73 Å². The molecular formula is C9H9N3. The first-order valence-electron chi connectivity index (χ1n) is 3.74. The Labute approximate surface area is 70.3 Å². The molecule has 3 heteroatoms. The van der Waals surface area contributed by atoms with E-state index in [4.69, 9.17) is 5.73 Å². The van der Waals surface area contributed by atoms with E-state index >= 15 is 0 Å². The Morgan fingerprint density at radius 2 is 2.08 bits per heavy atom. The van der Waals surface area contributed by atoms with E-state index in [1.165, 1.54) is 11.9 Å². The van der Waals surface area contributed by atoms with Crippen molar-refractivity contribution >= 4 is 16.7 Å². The van der Waals surface area contributed by atoms with Gasteiger partial charge in [-0.25, -0.2) is 9.97 Å². The minimum atomic E-state index is 0.545. The van der Waals surface area contributed by atoms with Gasteiger partial charge in [-0.05, 0) is 19.1 Å². The average Bonchev–Trinajstić information content (AvgIpc) is 2.07. The summed E-state index contributed by atoms with van der Waals surface area (Å²) in [6.45, 7) is 2.02. The number of hydrogen-bond acceptors (Lipinski definition) is 3. The van der Waals surface area contributed by atoms with Crippen molar-refractivity contribution in [2.45, 2.75) is 6.92 Å². The number of rotatable bonds is 0. The maximum atomic E-state index is 5.67. The van der Waals surface area contributed by atoms with Crippen LogP contribution in [0.2, 0.25) is 0 Å². The molecule has 0 aliphatic carbocycles. The SMILES string of the molecule is Cc1ccc2ncnc(N)c2c1. The minimum absolute atomic E-state index is 0.545. The normalized spacial score (nSPS) is 10.4. The van der Waals surface area contributed by atoms with Crippen LogP contribution in [0.5, 0.6) is 0 Å². The molecule has 0 radical (unpaired) electrons.